The number of hydrogen-bond donors (Lipinski definition) is 0. The van der Waals surface area contributed by atoms with Gasteiger partial charge < -0.3 is 0 Å². The molecule has 3 saturated carbocycles. The highest BCUT2D eigenvalue weighted by Crippen LogP contribution is 2.51. The summed E-state index contributed by atoms with van der Waals surface area (Å²) in [5.74, 6) is 4.29. The number of carbonyl (C=O) groups excluding carboxylic acids is 1. The largest absolute Gasteiger partial charge is 0.292 e. The zero-order valence-corrected chi connectivity index (χ0v) is 14.2. The molecule has 0 spiro atoms. The van der Waals surface area contributed by atoms with E-state index in [0.29, 0.717) is 24.2 Å². The average Bonchev–Trinajstić information content (AvgIpc) is 2.60. The molecule has 0 radical (unpaired) electrons. The van der Waals surface area contributed by atoms with E-state index in [-0.39, 0.29) is 0 Å². The molecule has 0 aromatic carbocycles. The Labute approximate surface area is 140 Å². The van der Waals surface area contributed by atoms with Gasteiger partial charge in [-0.1, -0.05) is 44.6 Å². The number of pyridine rings is 1. The van der Waals surface area contributed by atoms with Crippen molar-refractivity contribution in [2.75, 3.05) is 0 Å². The zero-order chi connectivity index (χ0) is 15.6. The molecule has 124 valence electrons. The monoisotopic (exact) mass is 312 g/mol. The van der Waals surface area contributed by atoms with E-state index in [0.717, 1.165) is 24.2 Å². The molecule has 1 heterocycles. The predicted molar refractivity (Wildman–Crippen MR) is 90.6 cm³/mol. The number of ketones is 1. The molecule has 5 atom stereocenters. The summed E-state index contributed by atoms with van der Waals surface area (Å²) in [6, 6.07) is 6.05. The Morgan fingerprint density at radius 3 is 2.30 bits per heavy atom. The highest BCUT2D eigenvalue weighted by molar-refractivity contribution is 5.80. The lowest BCUT2D eigenvalue weighted by Gasteiger charge is -2.48. The molecule has 3 aliphatic carbocycles. The summed E-state index contributed by atoms with van der Waals surface area (Å²) >= 11 is 0. The van der Waals surface area contributed by atoms with Gasteiger partial charge in [-0.05, 0) is 42.9 Å². The van der Waals surface area contributed by atoms with Crippen molar-refractivity contribution in [3.8, 4) is 0 Å². The standard InChI is InChI=1S/C21H30NO/c23-21(15-22-11-4-1-5-12-22)19-10-6-9-18-13-16-7-2-3-8-17(16)14-20(18)19/h1,4-5,11-12,16-20H,2-3,6-10,13-15H2/q+1/t16-,17+,18-,19-,20+/m1/s1. The minimum absolute atomic E-state index is 0.337. The van der Waals surface area contributed by atoms with Gasteiger partial charge in [-0.25, -0.2) is 0 Å². The van der Waals surface area contributed by atoms with Crippen molar-refractivity contribution in [3.05, 3.63) is 30.6 Å². The van der Waals surface area contributed by atoms with Crippen LogP contribution in [0.4, 0.5) is 0 Å². The number of rotatable bonds is 3. The van der Waals surface area contributed by atoms with Gasteiger partial charge in [0.1, 0.15) is 0 Å². The van der Waals surface area contributed by atoms with E-state index in [4.69, 9.17) is 0 Å². The van der Waals surface area contributed by atoms with Crippen molar-refractivity contribution in [1.29, 1.82) is 0 Å². The van der Waals surface area contributed by atoms with E-state index in [1.807, 2.05) is 30.6 Å². The van der Waals surface area contributed by atoms with Crippen LogP contribution >= 0.6 is 0 Å². The van der Waals surface area contributed by atoms with E-state index < -0.39 is 0 Å². The Balaban J connectivity index is 1.46. The smallest absolute Gasteiger partial charge is 0.206 e. The molecule has 1 aromatic rings. The van der Waals surface area contributed by atoms with Crippen molar-refractivity contribution in [2.24, 2.45) is 29.6 Å². The molecule has 3 fully saturated rings. The third-order valence-electron chi connectivity index (χ3n) is 6.99. The fraction of sp³-hybridized carbons (Fsp3) is 0.714. The lowest BCUT2D eigenvalue weighted by Crippen LogP contribution is -2.46. The number of hydrogen-bond acceptors (Lipinski definition) is 1. The van der Waals surface area contributed by atoms with Crippen LogP contribution in [0.5, 0.6) is 0 Å². The predicted octanol–water partition coefficient (Wildman–Crippen LogP) is 4.18. The first-order valence-electron chi connectivity index (χ1n) is 9.78. The van der Waals surface area contributed by atoms with Crippen LogP contribution in [0.15, 0.2) is 30.6 Å². The van der Waals surface area contributed by atoms with Gasteiger partial charge in [-0.2, -0.15) is 4.57 Å². The van der Waals surface area contributed by atoms with Crippen LogP contribution in [0.3, 0.4) is 0 Å². The summed E-state index contributed by atoms with van der Waals surface area (Å²) in [6.07, 6.45) is 16.4. The van der Waals surface area contributed by atoms with Crippen molar-refractivity contribution in [3.63, 3.8) is 0 Å². The van der Waals surface area contributed by atoms with Crippen LogP contribution in [0, 0.1) is 29.6 Å². The number of Topliss-reactive ketones (excluding diaryl/α,β-unsaturated/α-hetero) is 1. The van der Waals surface area contributed by atoms with Gasteiger partial charge in [0, 0.05) is 18.1 Å². The van der Waals surface area contributed by atoms with Crippen LogP contribution in [-0.2, 0) is 11.3 Å². The maximum atomic E-state index is 13.0. The van der Waals surface area contributed by atoms with E-state index in [2.05, 4.69) is 4.57 Å². The summed E-state index contributed by atoms with van der Waals surface area (Å²) in [6.45, 7) is 0.572. The van der Waals surface area contributed by atoms with Gasteiger partial charge >= 0.3 is 0 Å². The minimum Gasteiger partial charge on any atom is -0.292 e. The lowest BCUT2D eigenvalue weighted by atomic mass is 9.56. The zero-order valence-electron chi connectivity index (χ0n) is 14.2. The summed E-state index contributed by atoms with van der Waals surface area (Å²) in [4.78, 5) is 13.0. The van der Waals surface area contributed by atoms with Gasteiger partial charge in [0.2, 0.25) is 12.3 Å². The summed E-state index contributed by atoms with van der Waals surface area (Å²) in [5, 5.41) is 0. The Morgan fingerprint density at radius 1 is 0.826 bits per heavy atom. The van der Waals surface area contributed by atoms with E-state index in [1.165, 1.54) is 51.4 Å². The molecule has 0 unspecified atom stereocenters. The van der Waals surface area contributed by atoms with Crippen molar-refractivity contribution in [1.82, 2.24) is 0 Å². The first kappa shape index (κ1) is 15.4. The number of nitrogens with zero attached hydrogens (tertiary/aromatic N) is 1. The quantitative estimate of drug-likeness (QED) is 0.767. The second-order valence-electron chi connectivity index (χ2n) is 8.25. The first-order valence-corrected chi connectivity index (χ1v) is 9.78. The van der Waals surface area contributed by atoms with Gasteiger partial charge in [0.15, 0.2) is 12.4 Å². The fourth-order valence-electron chi connectivity index (χ4n) is 5.89. The summed E-state index contributed by atoms with van der Waals surface area (Å²) in [5.41, 5.74) is 0. The molecule has 3 aliphatic rings. The molecule has 23 heavy (non-hydrogen) atoms. The lowest BCUT2D eigenvalue weighted by molar-refractivity contribution is -0.684. The molecule has 0 bridgehead atoms. The van der Waals surface area contributed by atoms with Gasteiger partial charge in [0.05, 0.1) is 0 Å². The van der Waals surface area contributed by atoms with Crippen molar-refractivity contribution >= 4 is 5.78 Å². The number of carbonyl (C=O) groups is 1. The van der Waals surface area contributed by atoms with E-state index in [9.17, 15) is 4.79 Å². The number of aromatic nitrogens is 1. The van der Waals surface area contributed by atoms with E-state index in [1.54, 1.807) is 0 Å². The molecule has 2 nitrogen and oxygen atoms in total. The average molecular weight is 312 g/mol. The molecule has 2 heteroatoms. The molecule has 4 rings (SSSR count). The molecular formula is C21H30NO+. The molecule has 0 amide bonds. The second-order valence-corrected chi connectivity index (χ2v) is 8.25. The third-order valence-corrected chi connectivity index (χ3v) is 6.99. The summed E-state index contributed by atoms with van der Waals surface area (Å²) in [7, 11) is 0. The molecule has 0 N–H and O–H groups in total. The second kappa shape index (κ2) is 6.75. The highest BCUT2D eigenvalue weighted by atomic mass is 16.1. The van der Waals surface area contributed by atoms with Crippen molar-refractivity contribution < 1.29 is 9.36 Å². The number of fused-ring (bicyclic) bond motifs is 2. The van der Waals surface area contributed by atoms with Crippen LogP contribution < -0.4 is 4.57 Å². The van der Waals surface area contributed by atoms with Gasteiger partial charge in [-0.3, -0.25) is 4.79 Å². The van der Waals surface area contributed by atoms with Crippen molar-refractivity contribution in [2.45, 2.75) is 64.3 Å². The topological polar surface area (TPSA) is 20.9 Å². The van der Waals surface area contributed by atoms with E-state index >= 15 is 0 Å². The highest BCUT2D eigenvalue weighted by Gasteiger charge is 2.45. The Morgan fingerprint density at radius 2 is 1.52 bits per heavy atom. The fourth-order valence-corrected chi connectivity index (χ4v) is 5.89. The molecule has 0 saturated heterocycles. The molecule has 1 aromatic heterocycles. The van der Waals surface area contributed by atoms with Gasteiger partial charge in [-0.15, -0.1) is 0 Å². The van der Waals surface area contributed by atoms with Crippen LogP contribution in [0.1, 0.15) is 57.8 Å². The third kappa shape index (κ3) is 3.22. The maximum absolute atomic E-state index is 13.0. The normalized spacial score (nSPS) is 36.8. The molecular weight excluding hydrogens is 282 g/mol. The Hall–Kier alpha value is -1.18. The van der Waals surface area contributed by atoms with Gasteiger partial charge in [0.25, 0.3) is 0 Å². The molecule has 0 aliphatic heterocycles. The maximum Gasteiger partial charge on any atom is 0.206 e. The van der Waals surface area contributed by atoms with Crippen LogP contribution in [-0.4, -0.2) is 5.78 Å². The minimum atomic E-state index is 0.337. The van der Waals surface area contributed by atoms with Crippen LogP contribution in [0.25, 0.3) is 0 Å². The first-order chi connectivity index (χ1) is 11.3. The Kier molecular flexibility index (Phi) is 4.50. The summed E-state index contributed by atoms with van der Waals surface area (Å²) < 4.78 is 2.05. The SMILES string of the molecule is O=C(C[n+]1ccccc1)[C@@H]1CCC[C@@H]2C[C@H]3CCCC[C@H]3C[C@@H]21. The Bertz CT molecular complexity index is 540. The van der Waals surface area contributed by atoms with Crippen LogP contribution in [0.2, 0.25) is 0 Å².